The highest BCUT2D eigenvalue weighted by Crippen LogP contribution is 2.28. The second-order valence-electron chi connectivity index (χ2n) is 5.04. The van der Waals surface area contributed by atoms with Crippen LogP contribution < -0.4 is 5.73 Å². The summed E-state index contributed by atoms with van der Waals surface area (Å²) in [7, 11) is 0. The Hall–Kier alpha value is -2.32. The number of benzene rings is 3. The number of hydrogen-bond acceptors (Lipinski definition) is 2. The minimum absolute atomic E-state index is 0.0223. The molecule has 0 saturated carbocycles. The lowest BCUT2D eigenvalue weighted by Gasteiger charge is -2.09. The summed E-state index contributed by atoms with van der Waals surface area (Å²) in [6.07, 6.45) is 0. The van der Waals surface area contributed by atoms with Gasteiger partial charge < -0.3 is 5.73 Å². The van der Waals surface area contributed by atoms with E-state index >= 15 is 0 Å². The molecule has 2 nitrogen and oxygen atoms in total. The van der Waals surface area contributed by atoms with Gasteiger partial charge in [0.25, 0.3) is 0 Å². The molecule has 0 atom stereocenters. The summed E-state index contributed by atoms with van der Waals surface area (Å²) in [5, 5.41) is 2.40. The number of nitrogen functional groups attached to an aromatic ring is 1. The standard InChI is InChI=1S/C18H14ClNO/c1-11-10-12(6-9-17(11)20)18(21)15-7-8-16(19)14-5-3-2-4-13(14)15/h2-10H,20H2,1H3. The van der Waals surface area contributed by atoms with Gasteiger partial charge in [-0.15, -0.1) is 0 Å². The molecule has 0 saturated heterocycles. The number of aryl methyl sites for hydroxylation is 1. The second kappa shape index (κ2) is 5.23. The van der Waals surface area contributed by atoms with E-state index in [0.717, 1.165) is 16.3 Å². The zero-order valence-corrected chi connectivity index (χ0v) is 12.3. The fourth-order valence-corrected chi connectivity index (χ4v) is 2.66. The summed E-state index contributed by atoms with van der Waals surface area (Å²) >= 11 is 6.20. The number of carbonyl (C=O) groups excluding carboxylic acids is 1. The molecular weight excluding hydrogens is 282 g/mol. The molecule has 21 heavy (non-hydrogen) atoms. The van der Waals surface area contributed by atoms with Crippen LogP contribution in [0.2, 0.25) is 5.02 Å². The first-order chi connectivity index (χ1) is 10.1. The normalized spacial score (nSPS) is 10.8. The number of anilines is 1. The van der Waals surface area contributed by atoms with Gasteiger partial charge >= 0.3 is 0 Å². The summed E-state index contributed by atoms with van der Waals surface area (Å²) in [6, 6.07) is 16.5. The summed E-state index contributed by atoms with van der Waals surface area (Å²) in [5.74, 6) is -0.0223. The van der Waals surface area contributed by atoms with E-state index in [4.69, 9.17) is 17.3 Å². The third-order valence-electron chi connectivity index (χ3n) is 3.65. The minimum atomic E-state index is -0.0223. The molecule has 0 aliphatic heterocycles. The van der Waals surface area contributed by atoms with Gasteiger partial charge in [-0.3, -0.25) is 4.79 Å². The smallest absolute Gasteiger partial charge is 0.193 e. The number of halogens is 1. The molecule has 0 aromatic heterocycles. The van der Waals surface area contributed by atoms with Gasteiger partial charge in [0.1, 0.15) is 0 Å². The first-order valence-corrected chi connectivity index (χ1v) is 7.04. The Bertz CT molecular complexity index is 855. The van der Waals surface area contributed by atoms with Crippen molar-refractivity contribution in [2.75, 3.05) is 5.73 Å². The average Bonchev–Trinajstić information content (AvgIpc) is 2.50. The van der Waals surface area contributed by atoms with Crippen molar-refractivity contribution in [1.29, 1.82) is 0 Å². The zero-order valence-electron chi connectivity index (χ0n) is 11.6. The maximum absolute atomic E-state index is 12.8. The molecular formula is C18H14ClNO. The summed E-state index contributed by atoms with van der Waals surface area (Å²) in [5.41, 5.74) is 8.68. The van der Waals surface area contributed by atoms with E-state index in [0.29, 0.717) is 21.8 Å². The number of rotatable bonds is 2. The van der Waals surface area contributed by atoms with Crippen LogP contribution in [0.5, 0.6) is 0 Å². The first kappa shape index (κ1) is 13.7. The lowest BCUT2D eigenvalue weighted by Crippen LogP contribution is -2.03. The average molecular weight is 296 g/mol. The van der Waals surface area contributed by atoms with Crippen LogP contribution in [0.25, 0.3) is 10.8 Å². The van der Waals surface area contributed by atoms with Crippen LogP contribution in [0, 0.1) is 6.92 Å². The molecule has 0 amide bonds. The largest absolute Gasteiger partial charge is 0.399 e. The molecule has 3 aromatic rings. The molecule has 104 valence electrons. The molecule has 3 aromatic carbocycles. The quantitative estimate of drug-likeness (QED) is 0.554. The van der Waals surface area contributed by atoms with Crippen LogP contribution in [0.4, 0.5) is 5.69 Å². The topological polar surface area (TPSA) is 43.1 Å². The van der Waals surface area contributed by atoms with Crippen molar-refractivity contribution in [3.8, 4) is 0 Å². The number of carbonyl (C=O) groups is 1. The Labute approximate surface area is 128 Å². The molecule has 0 aliphatic rings. The zero-order chi connectivity index (χ0) is 15.0. The van der Waals surface area contributed by atoms with Gasteiger partial charge in [-0.2, -0.15) is 0 Å². The second-order valence-corrected chi connectivity index (χ2v) is 5.45. The van der Waals surface area contributed by atoms with Crippen LogP contribution in [0.1, 0.15) is 21.5 Å². The van der Waals surface area contributed by atoms with E-state index in [1.807, 2.05) is 37.3 Å². The molecule has 0 unspecified atom stereocenters. The Balaban J connectivity index is 2.18. The van der Waals surface area contributed by atoms with Gasteiger partial charge in [-0.05, 0) is 48.2 Å². The maximum Gasteiger partial charge on any atom is 0.193 e. The van der Waals surface area contributed by atoms with E-state index in [2.05, 4.69) is 0 Å². The lowest BCUT2D eigenvalue weighted by atomic mass is 9.96. The fourth-order valence-electron chi connectivity index (χ4n) is 2.43. The predicted molar refractivity (Wildman–Crippen MR) is 88.0 cm³/mol. The summed E-state index contributed by atoms with van der Waals surface area (Å²) in [4.78, 5) is 12.8. The molecule has 0 radical (unpaired) electrons. The van der Waals surface area contributed by atoms with Gasteiger partial charge in [0, 0.05) is 27.2 Å². The molecule has 0 aliphatic carbocycles. The first-order valence-electron chi connectivity index (χ1n) is 6.66. The molecule has 0 bridgehead atoms. The van der Waals surface area contributed by atoms with E-state index in [-0.39, 0.29) is 5.78 Å². The van der Waals surface area contributed by atoms with Gasteiger partial charge in [0.15, 0.2) is 5.78 Å². The van der Waals surface area contributed by atoms with E-state index < -0.39 is 0 Å². The predicted octanol–water partition coefficient (Wildman–Crippen LogP) is 4.61. The van der Waals surface area contributed by atoms with Gasteiger partial charge in [0.2, 0.25) is 0 Å². The van der Waals surface area contributed by atoms with E-state index in [9.17, 15) is 4.79 Å². The van der Waals surface area contributed by atoms with Crippen molar-refractivity contribution < 1.29 is 4.79 Å². The third-order valence-corrected chi connectivity index (χ3v) is 3.98. The molecule has 0 heterocycles. The maximum atomic E-state index is 12.8. The van der Waals surface area contributed by atoms with Gasteiger partial charge in [0.05, 0.1) is 0 Å². The van der Waals surface area contributed by atoms with Crippen LogP contribution in [0.3, 0.4) is 0 Å². The van der Waals surface area contributed by atoms with E-state index in [1.54, 1.807) is 24.3 Å². The lowest BCUT2D eigenvalue weighted by molar-refractivity contribution is 0.104. The van der Waals surface area contributed by atoms with Crippen molar-refractivity contribution >= 4 is 33.8 Å². The minimum Gasteiger partial charge on any atom is -0.399 e. The highest BCUT2D eigenvalue weighted by molar-refractivity contribution is 6.36. The van der Waals surface area contributed by atoms with Crippen molar-refractivity contribution in [2.45, 2.75) is 6.92 Å². The third kappa shape index (κ3) is 2.39. The molecule has 3 heteroatoms. The Kier molecular flexibility index (Phi) is 3.40. The van der Waals surface area contributed by atoms with Crippen molar-refractivity contribution in [3.05, 3.63) is 76.3 Å². The molecule has 0 fully saturated rings. The van der Waals surface area contributed by atoms with Crippen molar-refractivity contribution in [2.24, 2.45) is 0 Å². The van der Waals surface area contributed by atoms with Crippen LogP contribution in [0.15, 0.2) is 54.6 Å². The van der Waals surface area contributed by atoms with Crippen LogP contribution >= 0.6 is 11.6 Å². The highest BCUT2D eigenvalue weighted by Gasteiger charge is 2.14. The molecule has 3 rings (SSSR count). The van der Waals surface area contributed by atoms with Crippen molar-refractivity contribution in [1.82, 2.24) is 0 Å². The summed E-state index contributed by atoms with van der Waals surface area (Å²) in [6.45, 7) is 1.89. The van der Waals surface area contributed by atoms with Gasteiger partial charge in [-0.1, -0.05) is 35.9 Å². The van der Waals surface area contributed by atoms with Crippen LogP contribution in [-0.2, 0) is 0 Å². The fraction of sp³-hybridized carbons (Fsp3) is 0.0556. The number of hydrogen-bond donors (Lipinski definition) is 1. The molecule has 0 spiro atoms. The number of fused-ring (bicyclic) bond motifs is 1. The Morgan fingerprint density at radius 3 is 2.43 bits per heavy atom. The number of ketones is 1. The monoisotopic (exact) mass is 295 g/mol. The number of nitrogens with two attached hydrogens (primary N) is 1. The summed E-state index contributed by atoms with van der Waals surface area (Å²) < 4.78 is 0. The van der Waals surface area contributed by atoms with Crippen molar-refractivity contribution in [3.63, 3.8) is 0 Å². The van der Waals surface area contributed by atoms with E-state index in [1.165, 1.54) is 0 Å². The Morgan fingerprint density at radius 2 is 1.71 bits per heavy atom. The SMILES string of the molecule is Cc1cc(C(=O)c2ccc(Cl)c3ccccc23)ccc1N. The molecule has 2 N–H and O–H groups in total. The Morgan fingerprint density at radius 1 is 1.00 bits per heavy atom. The van der Waals surface area contributed by atoms with Crippen LogP contribution in [-0.4, -0.2) is 5.78 Å². The van der Waals surface area contributed by atoms with Gasteiger partial charge in [-0.25, -0.2) is 0 Å². The highest BCUT2D eigenvalue weighted by atomic mass is 35.5.